The van der Waals surface area contributed by atoms with Crippen LogP contribution >= 0.6 is 27.3 Å². The summed E-state index contributed by atoms with van der Waals surface area (Å²) in [5, 5.41) is 0. The Hall–Kier alpha value is -0.105. The van der Waals surface area contributed by atoms with Crippen molar-refractivity contribution in [3.8, 4) is 0 Å². The number of hydrogen-bond donors (Lipinski definition) is 0. The van der Waals surface area contributed by atoms with Crippen molar-refractivity contribution < 1.29 is 21.8 Å². The van der Waals surface area contributed by atoms with Crippen molar-refractivity contribution in [2.75, 3.05) is 0 Å². The first-order valence-electron chi connectivity index (χ1n) is 5.40. The van der Waals surface area contributed by atoms with Crippen molar-refractivity contribution in [2.45, 2.75) is 39.2 Å². The fourth-order valence-electron chi connectivity index (χ4n) is 1.84. The Kier molecular flexibility index (Phi) is 5.43. The zero-order valence-corrected chi connectivity index (χ0v) is 11.8. The lowest BCUT2D eigenvalue weighted by Crippen LogP contribution is -2.37. The quantitative estimate of drug-likeness (QED) is 0.415. The van der Waals surface area contributed by atoms with Crippen LogP contribution in [0.15, 0.2) is 3.92 Å². The summed E-state index contributed by atoms with van der Waals surface area (Å²) in [5.74, 6) is 0. The van der Waals surface area contributed by atoms with E-state index < -0.39 is 7.25 Å². The van der Waals surface area contributed by atoms with Crippen molar-refractivity contribution in [1.29, 1.82) is 0 Å². The number of thiazole rings is 1. The third-order valence-corrected chi connectivity index (χ3v) is 4.44. The lowest BCUT2D eigenvalue weighted by Gasteiger charge is -2.05. The van der Waals surface area contributed by atoms with E-state index in [1.54, 1.807) is 10.6 Å². The minimum absolute atomic E-state index is 1.10. The van der Waals surface area contributed by atoms with Crippen LogP contribution in [0.5, 0.6) is 0 Å². The molecule has 1 nitrogen and oxygen atoms in total. The van der Waals surface area contributed by atoms with Gasteiger partial charge in [-0.1, -0.05) is 11.3 Å². The van der Waals surface area contributed by atoms with Crippen LogP contribution < -0.4 is 4.57 Å². The molecule has 17 heavy (non-hydrogen) atoms. The SMILES string of the molecule is CC[n+]1c(Br)sc2c1CCCC2.F[B-](F)(F)F. The second-order valence-corrected chi connectivity index (χ2v) is 6.03. The molecule has 2 rings (SSSR count). The lowest BCUT2D eigenvalue weighted by molar-refractivity contribution is -0.706. The molecule has 1 heterocycles. The van der Waals surface area contributed by atoms with E-state index in [2.05, 4.69) is 27.4 Å². The minimum atomic E-state index is -6.00. The molecule has 0 aromatic carbocycles. The van der Waals surface area contributed by atoms with Crippen molar-refractivity contribution >= 4 is 34.5 Å². The van der Waals surface area contributed by atoms with E-state index in [4.69, 9.17) is 0 Å². The highest BCUT2D eigenvalue weighted by Gasteiger charge is 2.25. The minimum Gasteiger partial charge on any atom is -0.418 e. The number of rotatable bonds is 1. The molecule has 0 fully saturated rings. The Balaban J connectivity index is 0.000000249. The molecular formula is C9H13BBrF4NS. The smallest absolute Gasteiger partial charge is 0.418 e. The summed E-state index contributed by atoms with van der Waals surface area (Å²) in [6.07, 6.45) is 5.33. The fourth-order valence-corrected chi connectivity index (χ4v) is 4.02. The molecule has 0 radical (unpaired) electrons. The Morgan fingerprint density at radius 2 is 1.76 bits per heavy atom. The van der Waals surface area contributed by atoms with Gasteiger partial charge < -0.3 is 17.3 Å². The summed E-state index contributed by atoms with van der Waals surface area (Å²) in [4.78, 5) is 1.61. The van der Waals surface area contributed by atoms with E-state index in [1.807, 2.05) is 11.3 Å². The first-order valence-corrected chi connectivity index (χ1v) is 7.01. The zero-order chi connectivity index (χ0) is 13.1. The summed E-state index contributed by atoms with van der Waals surface area (Å²) < 4.78 is 42.7. The highest BCUT2D eigenvalue weighted by atomic mass is 79.9. The summed E-state index contributed by atoms with van der Waals surface area (Å²) in [6.45, 7) is 3.32. The van der Waals surface area contributed by atoms with Gasteiger partial charge in [0.1, 0.15) is 6.54 Å². The van der Waals surface area contributed by atoms with E-state index in [1.165, 1.54) is 29.6 Å². The predicted octanol–water partition coefficient (Wildman–Crippen LogP) is 4.00. The van der Waals surface area contributed by atoms with Crippen LogP contribution in [0.25, 0.3) is 0 Å². The molecule has 0 amide bonds. The molecule has 0 N–H and O–H groups in total. The van der Waals surface area contributed by atoms with Gasteiger partial charge in [0.2, 0.25) is 0 Å². The second kappa shape index (κ2) is 6.18. The van der Waals surface area contributed by atoms with Gasteiger partial charge in [-0.25, -0.2) is 0 Å². The zero-order valence-electron chi connectivity index (χ0n) is 9.36. The molecule has 0 bridgehead atoms. The monoisotopic (exact) mass is 333 g/mol. The van der Waals surface area contributed by atoms with Gasteiger partial charge in [0, 0.05) is 22.4 Å². The van der Waals surface area contributed by atoms with Gasteiger partial charge in [0.25, 0.3) is 0 Å². The Bertz CT molecular complexity index is 374. The summed E-state index contributed by atoms with van der Waals surface area (Å²) in [5.41, 5.74) is 1.58. The van der Waals surface area contributed by atoms with Crippen LogP contribution in [0.1, 0.15) is 30.3 Å². The molecule has 0 saturated heterocycles. The number of halogens is 5. The Morgan fingerprint density at radius 1 is 1.24 bits per heavy atom. The van der Waals surface area contributed by atoms with Gasteiger partial charge in [-0.15, -0.1) is 0 Å². The van der Waals surface area contributed by atoms with Crippen molar-refractivity contribution in [2.24, 2.45) is 0 Å². The summed E-state index contributed by atoms with van der Waals surface area (Å²) in [6, 6.07) is 0. The highest BCUT2D eigenvalue weighted by molar-refractivity contribution is 9.11. The first-order chi connectivity index (χ1) is 7.83. The third kappa shape index (κ3) is 4.95. The van der Waals surface area contributed by atoms with Gasteiger partial charge in [0.15, 0.2) is 5.69 Å². The highest BCUT2D eigenvalue weighted by Crippen LogP contribution is 2.27. The normalized spacial score (nSPS) is 14.9. The molecule has 0 aliphatic heterocycles. The predicted molar refractivity (Wildman–Crippen MR) is 64.7 cm³/mol. The molecular weight excluding hydrogens is 321 g/mol. The standard InChI is InChI=1S/C9H13BrNS.BF4/c1-2-11-7-5-3-4-6-8(7)12-9(11)10;2-1(3,4)5/h2-6H2,1H3;/q+1;-1. The van der Waals surface area contributed by atoms with E-state index in [0.29, 0.717) is 0 Å². The maximum absolute atomic E-state index is 9.75. The molecule has 0 spiro atoms. The maximum Gasteiger partial charge on any atom is 0.673 e. The maximum atomic E-state index is 9.75. The van der Waals surface area contributed by atoms with Gasteiger partial charge >= 0.3 is 11.2 Å². The molecule has 1 aromatic heterocycles. The van der Waals surface area contributed by atoms with Crippen LogP contribution in [-0.4, -0.2) is 7.25 Å². The van der Waals surface area contributed by atoms with E-state index in [0.717, 1.165) is 6.54 Å². The van der Waals surface area contributed by atoms with Crippen LogP contribution in [0.3, 0.4) is 0 Å². The first kappa shape index (κ1) is 15.0. The third-order valence-electron chi connectivity index (χ3n) is 2.45. The van der Waals surface area contributed by atoms with E-state index >= 15 is 0 Å². The molecule has 1 aromatic rings. The van der Waals surface area contributed by atoms with Gasteiger partial charge in [0.05, 0.1) is 4.88 Å². The second-order valence-electron chi connectivity index (χ2n) is 3.67. The molecule has 0 atom stereocenters. The molecule has 98 valence electrons. The Morgan fingerprint density at radius 3 is 2.29 bits per heavy atom. The Labute approximate surface area is 110 Å². The molecule has 0 saturated carbocycles. The molecule has 1 aliphatic carbocycles. The average molecular weight is 334 g/mol. The van der Waals surface area contributed by atoms with Gasteiger partial charge in [-0.2, -0.15) is 4.57 Å². The van der Waals surface area contributed by atoms with Gasteiger partial charge in [-0.3, -0.25) is 0 Å². The number of hydrogen-bond acceptors (Lipinski definition) is 1. The molecule has 8 heteroatoms. The van der Waals surface area contributed by atoms with Gasteiger partial charge in [-0.05, 0) is 26.2 Å². The number of aromatic nitrogens is 1. The number of nitrogens with zero attached hydrogens (tertiary/aromatic N) is 1. The summed E-state index contributed by atoms with van der Waals surface area (Å²) >= 11 is 5.54. The van der Waals surface area contributed by atoms with Crippen molar-refractivity contribution in [1.82, 2.24) is 0 Å². The van der Waals surface area contributed by atoms with Crippen LogP contribution in [0.2, 0.25) is 0 Å². The van der Waals surface area contributed by atoms with Crippen LogP contribution in [0.4, 0.5) is 17.3 Å². The van der Waals surface area contributed by atoms with E-state index in [-0.39, 0.29) is 0 Å². The summed E-state index contributed by atoms with van der Waals surface area (Å²) in [7, 11) is -6.00. The molecule has 0 unspecified atom stereocenters. The molecule has 1 aliphatic rings. The fraction of sp³-hybridized carbons (Fsp3) is 0.667. The largest absolute Gasteiger partial charge is 0.673 e. The lowest BCUT2D eigenvalue weighted by atomic mass is 10.0. The van der Waals surface area contributed by atoms with E-state index in [9.17, 15) is 17.3 Å². The number of aryl methyl sites for hydroxylation is 1. The van der Waals surface area contributed by atoms with Crippen LogP contribution in [0, 0.1) is 0 Å². The van der Waals surface area contributed by atoms with Crippen molar-refractivity contribution in [3.63, 3.8) is 0 Å². The van der Waals surface area contributed by atoms with Crippen molar-refractivity contribution in [3.05, 3.63) is 14.5 Å². The topological polar surface area (TPSA) is 3.88 Å². The van der Waals surface area contributed by atoms with Crippen LogP contribution in [-0.2, 0) is 19.4 Å². The number of fused-ring (bicyclic) bond motifs is 1. The average Bonchev–Trinajstić information content (AvgIpc) is 2.50.